The fraction of sp³-hybridized carbons (Fsp3) is 0.200. The van der Waals surface area contributed by atoms with Crippen molar-refractivity contribution in [3.05, 3.63) is 64.2 Å². The predicted octanol–water partition coefficient (Wildman–Crippen LogP) is 4.40. The molecule has 0 radical (unpaired) electrons. The third-order valence-corrected chi connectivity index (χ3v) is 3.69. The number of nitrogens with zero attached hydrogens (tertiary/aromatic N) is 1. The maximum atomic E-state index is 11.9. The van der Waals surface area contributed by atoms with E-state index in [9.17, 15) is 10.1 Å². The number of carbonyl (C=O) groups excluding carboxylic acids is 1. The summed E-state index contributed by atoms with van der Waals surface area (Å²) < 4.78 is 16.1. The van der Waals surface area contributed by atoms with Crippen molar-refractivity contribution in [2.75, 3.05) is 13.7 Å². The lowest BCUT2D eigenvalue weighted by molar-refractivity contribution is -0.137. The van der Waals surface area contributed by atoms with E-state index >= 15 is 0 Å². The Bertz CT molecular complexity index is 838. The molecule has 6 heteroatoms. The zero-order chi connectivity index (χ0) is 18.9. The quantitative estimate of drug-likeness (QED) is 0.410. The van der Waals surface area contributed by atoms with Crippen molar-refractivity contribution in [3.8, 4) is 17.6 Å². The molecule has 0 aliphatic carbocycles. The molecule has 0 aliphatic rings. The first kappa shape index (κ1) is 19.4. The van der Waals surface area contributed by atoms with Gasteiger partial charge < -0.3 is 14.2 Å². The molecule has 0 aromatic heterocycles. The number of hydrogen-bond acceptors (Lipinski definition) is 5. The Labute approximate surface area is 157 Å². The lowest BCUT2D eigenvalue weighted by Crippen LogP contribution is -2.06. The molecule has 0 aliphatic heterocycles. The Balaban J connectivity index is 2.33. The second-order valence-corrected chi connectivity index (χ2v) is 5.62. The fourth-order valence-corrected chi connectivity index (χ4v) is 2.32. The van der Waals surface area contributed by atoms with Gasteiger partial charge in [0.05, 0.1) is 13.7 Å². The van der Waals surface area contributed by atoms with Crippen LogP contribution in [-0.2, 0) is 16.1 Å². The molecule has 134 valence electrons. The normalized spacial score (nSPS) is 10.8. The molecule has 0 unspecified atom stereocenters. The van der Waals surface area contributed by atoms with Crippen molar-refractivity contribution in [3.63, 3.8) is 0 Å². The minimum atomic E-state index is -0.679. The molecule has 5 nitrogen and oxygen atoms in total. The average molecular weight is 372 g/mol. The second kappa shape index (κ2) is 9.50. The third kappa shape index (κ3) is 5.01. The van der Waals surface area contributed by atoms with Gasteiger partial charge in [0, 0.05) is 10.6 Å². The van der Waals surface area contributed by atoms with E-state index in [-0.39, 0.29) is 18.8 Å². The van der Waals surface area contributed by atoms with Gasteiger partial charge in [-0.25, -0.2) is 4.79 Å². The summed E-state index contributed by atoms with van der Waals surface area (Å²) in [5, 5.41) is 9.87. The van der Waals surface area contributed by atoms with Crippen LogP contribution in [0.3, 0.4) is 0 Å². The maximum Gasteiger partial charge on any atom is 0.348 e. The minimum absolute atomic E-state index is 0.114. The third-order valence-electron chi connectivity index (χ3n) is 3.44. The highest BCUT2D eigenvalue weighted by molar-refractivity contribution is 6.30. The molecule has 0 spiro atoms. The van der Waals surface area contributed by atoms with Crippen LogP contribution in [-0.4, -0.2) is 19.7 Å². The van der Waals surface area contributed by atoms with Crippen LogP contribution in [0.2, 0.25) is 5.02 Å². The second-order valence-electron chi connectivity index (χ2n) is 5.18. The largest absolute Gasteiger partial charge is 0.493 e. The molecule has 0 amide bonds. The first-order valence-corrected chi connectivity index (χ1v) is 8.30. The molecule has 0 atom stereocenters. The minimum Gasteiger partial charge on any atom is -0.493 e. The van der Waals surface area contributed by atoms with Gasteiger partial charge in [-0.05, 0) is 36.8 Å². The number of hydrogen-bond donors (Lipinski definition) is 0. The summed E-state index contributed by atoms with van der Waals surface area (Å²) in [6.07, 6.45) is 1.43. The molecular weight excluding hydrogens is 354 g/mol. The van der Waals surface area contributed by atoms with E-state index in [0.29, 0.717) is 22.1 Å². The summed E-state index contributed by atoms with van der Waals surface area (Å²) in [7, 11) is 1.52. The zero-order valence-electron chi connectivity index (χ0n) is 14.5. The van der Waals surface area contributed by atoms with Crippen molar-refractivity contribution < 1.29 is 19.0 Å². The van der Waals surface area contributed by atoms with Crippen LogP contribution in [0.5, 0.6) is 11.5 Å². The Hall–Kier alpha value is -2.97. The van der Waals surface area contributed by atoms with Crippen LogP contribution < -0.4 is 9.47 Å². The number of carbonyl (C=O) groups is 1. The molecule has 0 N–H and O–H groups in total. The SMILES string of the molecule is CCOC(=O)/C(C#N)=C/c1cccc(OC)c1OCc1ccc(Cl)cc1. The van der Waals surface area contributed by atoms with Gasteiger partial charge >= 0.3 is 5.97 Å². The Morgan fingerprint density at radius 1 is 1.23 bits per heavy atom. The molecule has 0 heterocycles. The van der Waals surface area contributed by atoms with Crippen LogP contribution in [0.15, 0.2) is 48.0 Å². The van der Waals surface area contributed by atoms with Crippen molar-refractivity contribution in [2.24, 2.45) is 0 Å². The van der Waals surface area contributed by atoms with E-state index in [1.54, 1.807) is 37.3 Å². The predicted molar refractivity (Wildman–Crippen MR) is 99.0 cm³/mol. The first-order valence-electron chi connectivity index (χ1n) is 7.92. The number of halogens is 1. The molecule has 2 aromatic carbocycles. The Kier molecular flexibility index (Phi) is 7.07. The van der Waals surface area contributed by atoms with Gasteiger partial charge in [0.1, 0.15) is 18.2 Å². The van der Waals surface area contributed by atoms with E-state index in [1.807, 2.05) is 18.2 Å². The summed E-state index contributed by atoms with van der Waals surface area (Å²) in [5.74, 6) is 0.248. The van der Waals surface area contributed by atoms with Crippen LogP contribution in [0.4, 0.5) is 0 Å². The van der Waals surface area contributed by atoms with Crippen molar-refractivity contribution >= 4 is 23.6 Å². The lowest BCUT2D eigenvalue weighted by atomic mass is 10.1. The molecular formula is C20H18ClNO4. The highest BCUT2D eigenvalue weighted by Crippen LogP contribution is 2.33. The number of esters is 1. The molecule has 0 saturated heterocycles. The molecule has 26 heavy (non-hydrogen) atoms. The van der Waals surface area contributed by atoms with Crippen LogP contribution in [0, 0.1) is 11.3 Å². The molecule has 2 rings (SSSR count). The summed E-state index contributed by atoms with van der Waals surface area (Å²) in [6.45, 7) is 2.15. The van der Waals surface area contributed by atoms with Crippen molar-refractivity contribution in [1.29, 1.82) is 5.26 Å². The molecule has 2 aromatic rings. The first-order chi connectivity index (χ1) is 12.6. The fourth-order valence-electron chi connectivity index (χ4n) is 2.20. The van der Waals surface area contributed by atoms with Crippen LogP contribution >= 0.6 is 11.6 Å². The van der Waals surface area contributed by atoms with Gasteiger partial charge in [0.15, 0.2) is 11.5 Å². The summed E-state index contributed by atoms with van der Waals surface area (Å²) >= 11 is 5.89. The monoisotopic (exact) mass is 371 g/mol. The Morgan fingerprint density at radius 3 is 2.58 bits per heavy atom. The van der Waals surface area contributed by atoms with E-state index in [4.69, 9.17) is 25.8 Å². The number of ether oxygens (including phenoxy) is 3. The molecule has 0 fully saturated rings. The van der Waals surface area contributed by atoms with E-state index < -0.39 is 5.97 Å². The van der Waals surface area contributed by atoms with Crippen LogP contribution in [0.1, 0.15) is 18.1 Å². The number of para-hydroxylation sites is 1. The number of rotatable bonds is 7. The van der Waals surface area contributed by atoms with E-state index in [0.717, 1.165) is 5.56 Å². The average Bonchev–Trinajstić information content (AvgIpc) is 2.66. The summed E-state index contributed by atoms with van der Waals surface area (Å²) in [5.41, 5.74) is 1.35. The molecule has 0 bridgehead atoms. The van der Waals surface area contributed by atoms with Gasteiger partial charge in [0.25, 0.3) is 0 Å². The molecule has 0 saturated carbocycles. The standard InChI is InChI=1S/C20H18ClNO4/c1-3-25-20(23)16(12-22)11-15-5-4-6-18(24-2)19(15)26-13-14-7-9-17(21)10-8-14/h4-11H,3,13H2,1-2H3/b16-11+. The smallest absolute Gasteiger partial charge is 0.348 e. The topological polar surface area (TPSA) is 68.6 Å². The zero-order valence-corrected chi connectivity index (χ0v) is 15.2. The van der Waals surface area contributed by atoms with Crippen molar-refractivity contribution in [2.45, 2.75) is 13.5 Å². The van der Waals surface area contributed by atoms with Crippen LogP contribution in [0.25, 0.3) is 6.08 Å². The summed E-state index contributed by atoms with van der Waals surface area (Å²) in [6, 6.07) is 14.3. The highest BCUT2D eigenvalue weighted by Gasteiger charge is 2.14. The van der Waals surface area contributed by atoms with Crippen molar-refractivity contribution in [1.82, 2.24) is 0 Å². The number of methoxy groups -OCH3 is 1. The van der Waals surface area contributed by atoms with E-state index in [1.165, 1.54) is 13.2 Å². The number of nitriles is 1. The lowest BCUT2D eigenvalue weighted by Gasteiger charge is -2.14. The maximum absolute atomic E-state index is 11.9. The van der Waals surface area contributed by atoms with Gasteiger partial charge in [0.2, 0.25) is 0 Å². The van der Waals surface area contributed by atoms with Gasteiger partial charge in [-0.1, -0.05) is 35.9 Å². The van der Waals surface area contributed by atoms with E-state index in [2.05, 4.69) is 0 Å². The number of benzene rings is 2. The Morgan fingerprint density at radius 2 is 1.96 bits per heavy atom. The van der Waals surface area contributed by atoms with Gasteiger partial charge in [-0.15, -0.1) is 0 Å². The van der Waals surface area contributed by atoms with Gasteiger partial charge in [-0.2, -0.15) is 5.26 Å². The highest BCUT2D eigenvalue weighted by atomic mass is 35.5. The van der Waals surface area contributed by atoms with Gasteiger partial charge in [-0.3, -0.25) is 0 Å². The summed E-state index contributed by atoms with van der Waals surface area (Å²) in [4.78, 5) is 11.9.